The Morgan fingerprint density at radius 3 is 2.63 bits per heavy atom. The first kappa shape index (κ1) is 19.9. The van der Waals surface area contributed by atoms with Gasteiger partial charge in [0, 0.05) is 17.8 Å². The highest BCUT2D eigenvalue weighted by molar-refractivity contribution is 5.76. The molecule has 1 aliphatic rings. The monoisotopic (exact) mass is 403 g/mol. The van der Waals surface area contributed by atoms with Gasteiger partial charge in [-0.05, 0) is 43.7 Å². The fourth-order valence-corrected chi connectivity index (χ4v) is 3.57. The summed E-state index contributed by atoms with van der Waals surface area (Å²) in [5.41, 5.74) is 3.86. The zero-order valence-electron chi connectivity index (χ0n) is 17.2. The molecule has 6 nitrogen and oxygen atoms in total. The molecule has 2 aromatic carbocycles. The van der Waals surface area contributed by atoms with Crippen molar-refractivity contribution >= 4 is 5.91 Å². The zero-order chi connectivity index (χ0) is 20.9. The maximum absolute atomic E-state index is 12.2. The van der Waals surface area contributed by atoms with Crippen molar-refractivity contribution in [2.45, 2.75) is 32.8 Å². The number of carbonyl (C=O) groups excluding carboxylic acids is 1. The molecule has 0 radical (unpaired) electrons. The number of aryl methyl sites for hydroxylation is 2. The Kier molecular flexibility index (Phi) is 5.93. The number of carbonyl (C=O) groups is 1. The second-order valence-electron chi connectivity index (χ2n) is 7.43. The lowest BCUT2D eigenvalue weighted by Gasteiger charge is -2.13. The molecule has 1 amide bonds. The molecule has 2 heterocycles. The number of hydrogen-bond donors (Lipinski definition) is 1. The highest BCUT2D eigenvalue weighted by Crippen LogP contribution is 2.37. The van der Waals surface area contributed by atoms with Crippen LogP contribution in [-0.2, 0) is 11.2 Å². The molecule has 154 valence electrons. The quantitative estimate of drug-likeness (QED) is 0.652. The Hall–Kier alpha value is -3.41. The van der Waals surface area contributed by atoms with E-state index in [0.29, 0.717) is 25.4 Å². The van der Waals surface area contributed by atoms with Gasteiger partial charge in [0.2, 0.25) is 5.91 Å². The zero-order valence-corrected chi connectivity index (χ0v) is 17.2. The van der Waals surface area contributed by atoms with E-state index in [0.717, 1.165) is 40.4 Å². The molecule has 1 N–H and O–H groups in total. The van der Waals surface area contributed by atoms with Gasteiger partial charge in [-0.3, -0.25) is 4.79 Å². The van der Waals surface area contributed by atoms with E-state index < -0.39 is 0 Å². The van der Waals surface area contributed by atoms with Gasteiger partial charge >= 0.3 is 0 Å². The van der Waals surface area contributed by atoms with E-state index in [1.165, 1.54) is 0 Å². The molecule has 0 fully saturated rings. The number of benzene rings is 2. The molecule has 0 bridgehead atoms. The SMILES string of the molecule is Cc1cc(C)nc(-c2cccc3c2O[C@@H](CNC(=O)CCOc2ccccc2)C3)n1. The molecule has 1 aromatic heterocycles. The number of amides is 1. The maximum Gasteiger partial charge on any atom is 0.223 e. The Bertz CT molecular complexity index is 1020. The van der Waals surface area contributed by atoms with Gasteiger partial charge in [-0.15, -0.1) is 0 Å². The van der Waals surface area contributed by atoms with Crippen LogP contribution < -0.4 is 14.8 Å². The van der Waals surface area contributed by atoms with Gasteiger partial charge in [-0.25, -0.2) is 9.97 Å². The number of rotatable bonds is 7. The number of para-hydroxylation sites is 2. The third-order valence-electron chi connectivity index (χ3n) is 4.92. The minimum absolute atomic E-state index is 0.0525. The summed E-state index contributed by atoms with van der Waals surface area (Å²) in [6, 6.07) is 17.5. The van der Waals surface area contributed by atoms with Crippen molar-refractivity contribution in [2.75, 3.05) is 13.2 Å². The molecule has 1 atom stereocenters. The highest BCUT2D eigenvalue weighted by Gasteiger charge is 2.27. The van der Waals surface area contributed by atoms with Gasteiger partial charge in [0.25, 0.3) is 0 Å². The van der Waals surface area contributed by atoms with Crippen molar-refractivity contribution in [3.8, 4) is 22.9 Å². The van der Waals surface area contributed by atoms with Gasteiger partial charge in [0.15, 0.2) is 5.82 Å². The first-order chi connectivity index (χ1) is 14.6. The van der Waals surface area contributed by atoms with Crippen molar-refractivity contribution in [1.29, 1.82) is 0 Å². The summed E-state index contributed by atoms with van der Waals surface area (Å²) in [7, 11) is 0. The van der Waals surface area contributed by atoms with Crippen LogP contribution in [0.2, 0.25) is 0 Å². The number of aromatic nitrogens is 2. The molecule has 0 unspecified atom stereocenters. The molecular formula is C24H25N3O3. The largest absolute Gasteiger partial charge is 0.493 e. The average molecular weight is 403 g/mol. The van der Waals surface area contributed by atoms with E-state index in [1.807, 2.05) is 62.4 Å². The van der Waals surface area contributed by atoms with Gasteiger partial charge in [0.05, 0.1) is 25.1 Å². The third-order valence-corrected chi connectivity index (χ3v) is 4.92. The van der Waals surface area contributed by atoms with Crippen LogP contribution in [0.1, 0.15) is 23.4 Å². The summed E-state index contributed by atoms with van der Waals surface area (Å²) in [4.78, 5) is 21.3. The van der Waals surface area contributed by atoms with E-state index in [1.54, 1.807) is 0 Å². The van der Waals surface area contributed by atoms with E-state index in [4.69, 9.17) is 9.47 Å². The molecule has 6 heteroatoms. The number of nitrogens with zero attached hydrogens (tertiary/aromatic N) is 2. The van der Waals surface area contributed by atoms with Crippen molar-refractivity contribution in [1.82, 2.24) is 15.3 Å². The number of hydrogen-bond acceptors (Lipinski definition) is 5. The lowest BCUT2D eigenvalue weighted by Crippen LogP contribution is -2.35. The smallest absolute Gasteiger partial charge is 0.223 e. The summed E-state index contributed by atoms with van der Waals surface area (Å²) < 4.78 is 11.7. The maximum atomic E-state index is 12.2. The lowest BCUT2D eigenvalue weighted by atomic mass is 10.1. The second-order valence-corrected chi connectivity index (χ2v) is 7.43. The first-order valence-corrected chi connectivity index (χ1v) is 10.1. The number of ether oxygens (including phenoxy) is 2. The van der Waals surface area contributed by atoms with Crippen molar-refractivity contribution in [3.05, 3.63) is 71.5 Å². The van der Waals surface area contributed by atoms with Gasteiger partial charge in [-0.2, -0.15) is 0 Å². The van der Waals surface area contributed by atoms with Crippen molar-refractivity contribution < 1.29 is 14.3 Å². The lowest BCUT2D eigenvalue weighted by molar-refractivity contribution is -0.121. The summed E-state index contributed by atoms with van der Waals surface area (Å²) in [6.45, 7) is 4.71. The third kappa shape index (κ3) is 4.76. The molecule has 30 heavy (non-hydrogen) atoms. The van der Waals surface area contributed by atoms with Gasteiger partial charge in [-0.1, -0.05) is 30.3 Å². The van der Waals surface area contributed by atoms with Crippen LogP contribution in [0.4, 0.5) is 0 Å². The molecule has 4 rings (SSSR count). The van der Waals surface area contributed by atoms with Crippen molar-refractivity contribution in [3.63, 3.8) is 0 Å². The first-order valence-electron chi connectivity index (χ1n) is 10.1. The minimum atomic E-state index is -0.106. The normalized spacial score (nSPS) is 14.7. The van der Waals surface area contributed by atoms with Crippen LogP contribution >= 0.6 is 0 Å². The predicted molar refractivity (Wildman–Crippen MR) is 115 cm³/mol. The van der Waals surface area contributed by atoms with Gasteiger partial charge in [0.1, 0.15) is 17.6 Å². The van der Waals surface area contributed by atoms with Crippen LogP contribution in [-0.4, -0.2) is 35.1 Å². The van der Waals surface area contributed by atoms with E-state index in [-0.39, 0.29) is 12.0 Å². The molecular weight excluding hydrogens is 378 g/mol. The molecule has 3 aromatic rings. The van der Waals surface area contributed by atoms with Gasteiger partial charge < -0.3 is 14.8 Å². The Labute approximate surface area is 176 Å². The fraction of sp³-hybridized carbons (Fsp3) is 0.292. The highest BCUT2D eigenvalue weighted by atomic mass is 16.5. The van der Waals surface area contributed by atoms with Crippen LogP contribution in [0.15, 0.2) is 54.6 Å². The Balaban J connectivity index is 1.32. The molecule has 0 saturated heterocycles. The molecule has 0 saturated carbocycles. The summed E-state index contributed by atoms with van der Waals surface area (Å²) >= 11 is 0. The average Bonchev–Trinajstić information content (AvgIpc) is 3.15. The van der Waals surface area contributed by atoms with E-state index in [9.17, 15) is 4.79 Å². The van der Waals surface area contributed by atoms with Crippen LogP contribution in [0.3, 0.4) is 0 Å². The molecule has 1 aliphatic heterocycles. The summed E-state index contributed by atoms with van der Waals surface area (Å²) in [6.07, 6.45) is 0.941. The van der Waals surface area contributed by atoms with Crippen LogP contribution in [0.25, 0.3) is 11.4 Å². The molecule has 0 aliphatic carbocycles. The summed E-state index contributed by atoms with van der Waals surface area (Å²) in [5, 5.41) is 2.95. The van der Waals surface area contributed by atoms with Crippen molar-refractivity contribution in [2.24, 2.45) is 0 Å². The fourth-order valence-electron chi connectivity index (χ4n) is 3.57. The summed E-state index contributed by atoms with van der Waals surface area (Å²) in [5.74, 6) is 2.20. The number of fused-ring (bicyclic) bond motifs is 1. The Morgan fingerprint density at radius 2 is 1.87 bits per heavy atom. The molecule has 0 spiro atoms. The standard InChI is InChI=1S/C24H25N3O3/c1-16-13-17(2)27-24(26-16)21-10-6-7-18-14-20(30-23(18)21)15-25-22(28)11-12-29-19-8-4-3-5-9-19/h3-10,13,20H,11-12,14-15H2,1-2H3,(H,25,28)/t20-/m1/s1. The predicted octanol–water partition coefficient (Wildman–Crippen LogP) is 3.65. The van der Waals surface area contributed by atoms with E-state index >= 15 is 0 Å². The number of nitrogens with one attached hydrogen (secondary N) is 1. The topological polar surface area (TPSA) is 73.3 Å². The minimum Gasteiger partial charge on any atom is -0.493 e. The van der Waals surface area contributed by atoms with E-state index in [2.05, 4.69) is 21.4 Å². The second kappa shape index (κ2) is 8.95. The van der Waals surface area contributed by atoms with Crippen LogP contribution in [0.5, 0.6) is 11.5 Å². The van der Waals surface area contributed by atoms with Crippen LogP contribution in [0, 0.1) is 13.8 Å². The Morgan fingerprint density at radius 1 is 1.10 bits per heavy atom.